The molecular weight excluding hydrogens is 442 g/mol. The number of methoxy groups -OCH3 is 1. The van der Waals surface area contributed by atoms with Crippen molar-refractivity contribution in [2.45, 2.75) is 6.92 Å². The fraction of sp³-hybridized carbons (Fsp3) is 0.231. The summed E-state index contributed by atoms with van der Waals surface area (Å²) >= 11 is 0. The first kappa shape index (κ1) is 22.4. The standard InChI is InChI=1S/C26H27N7O2/c1-19-17-24(29-21-7-9-23(35-2)10-8-21)30-26(28-19)32-15-13-31(14-16-32)25(34)20-5-3-6-22(18-20)33-12-4-11-27-33/h3-12,17-18H,13-16H2,1-2H3,(H,28,29,30). The van der Waals surface area contributed by atoms with Crippen molar-refractivity contribution in [3.05, 3.63) is 84.3 Å². The Morgan fingerprint density at radius 2 is 1.77 bits per heavy atom. The molecule has 35 heavy (non-hydrogen) atoms. The van der Waals surface area contributed by atoms with E-state index in [0.29, 0.717) is 37.7 Å². The van der Waals surface area contributed by atoms with Crippen LogP contribution in [0.3, 0.4) is 0 Å². The van der Waals surface area contributed by atoms with Gasteiger partial charge in [-0.3, -0.25) is 4.79 Å². The molecule has 2 aromatic heterocycles. The Hall–Kier alpha value is -4.40. The summed E-state index contributed by atoms with van der Waals surface area (Å²) in [4.78, 5) is 26.5. The summed E-state index contributed by atoms with van der Waals surface area (Å²) in [5.41, 5.74) is 3.32. The number of aromatic nitrogens is 4. The van der Waals surface area contributed by atoms with Crippen LogP contribution in [-0.4, -0.2) is 63.8 Å². The quantitative estimate of drug-likeness (QED) is 0.461. The Labute approximate surface area is 204 Å². The van der Waals surface area contributed by atoms with Gasteiger partial charge in [-0.15, -0.1) is 0 Å². The predicted molar refractivity (Wildman–Crippen MR) is 135 cm³/mol. The predicted octanol–water partition coefficient (Wildman–Crippen LogP) is 3.69. The monoisotopic (exact) mass is 469 g/mol. The summed E-state index contributed by atoms with van der Waals surface area (Å²) in [5.74, 6) is 2.21. The number of benzene rings is 2. The average Bonchev–Trinajstić information content (AvgIpc) is 3.44. The Balaban J connectivity index is 1.24. The summed E-state index contributed by atoms with van der Waals surface area (Å²) in [7, 11) is 1.65. The zero-order valence-electron chi connectivity index (χ0n) is 19.8. The first-order valence-corrected chi connectivity index (χ1v) is 11.5. The van der Waals surface area contributed by atoms with Gasteiger partial charge < -0.3 is 19.9 Å². The van der Waals surface area contributed by atoms with Gasteiger partial charge in [0.1, 0.15) is 11.6 Å². The van der Waals surface area contributed by atoms with Crippen LogP contribution in [0.25, 0.3) is 5.69 Å². The first-order valence-electron chi connectivity index (χ1n) is 11.5. The number of ether oxygens (including phenoxy) is 1. The van der Waals surface area contributed by atoms with Crippen LogP contribution in [0.2, 0.25) is 0 Å². The molecular formula is C26H27N7O2. The van der Waals surface area contributed by atoms with Crippen molar-refractivity contribution < 1.29 is 9.53 Å². The zero-order valence-corrected chi connectivity index (χ0v) is 19.8. The Kier molecular flexibility index (Phi) is 6.30. The molecule has 178 valence electrons. The van der Waals surface area contributed by atoms with Crippen molar-refractivity contribution in [2.24, 2.45) is 0 Å². The highest BCUT2D eigenvalue weighted by molar-refractivity contribution is 5.95. The largest absolute Gasteiger partial charge is 0.497 e. The van der Waals surface area contributed by atoms with Gasteiger partial charge in [0.25, 0.3) is 5.91 Å². The third-order valence-corrected chi connectivity index (χ3v) is 5.92. The number of nitrogens with zero attached hydrogens (tertiary/aromatic N) is 6. The number of carbonyl (C=O) groups is 1. The molecule has 1 aliphatic rings. The van der Waals surface area contributed by atoms with Crippen LogP contribution in [0.4, 0.5) is 17.5 Å². The number of anilines is 3. The number of nitrogens with one attached hydrogen (secondary N) is 1. The molecule has 4 aromatic rings. The third-order valence-electron chi connectivity index (χ3n) is 5.92. The molecule has 1 saturated heterocycles. The van der Waals surface area contributed by atoms with E-state index in [1.54, 1.807) is 18.0 Å². The van der Waals surface area contributed by atoms with Crippen molar-refractivity contribution in [2.75, 3.05) is 43.5 Å². The minimum Gasteiger partial charge on any atom is -0.497 e. The molecule has 9 heteroatoms. The van der Waals surface area contributed by atoms with Gasteiger partial charge in [-0.05, 0) is 55.5 Å². The molecule has 1 aliphatic heterocycles. The van der Waals surface area contributed by atoms with Crippen molar-refractivity contribution in [1.82, 2.24) is 24.6 Å². The van der Waals surface area contributed by atoms with Crippen molar-refractivity contribution in [3.63, 3.8) is 0 Å². The molecule has 0 bridgehead atoms. The van der Waals surface area contributed by atoms with Crippen LogP contribution in [0.15, 0.2) is 73.1 Å². The lowest BCUT2D eigenvalue weighted by molar-refractivity contribution is 0.0746. The number of piperazine rings is 1. The maximum atomic E-state index is 13.1. The lowest BCUT2D eigenvalue weighted by Crippen LogP contribution is -2.49. The van der Waals surface area contributed by atoms with E-state index < -0.39 is 0 Å². The van der Waals surface area contributed by atoms with Gasteiger partial charge in [0.15, 0.2) is 0 Å². The molecule has 3 heterocycles. The van der Waals surface area contributed by atoms with E-state index in [1.807, 2.05) is 78.7 Å². The Morgan fingerprint density at radius 1 is 0.971 bits per heavy atom. The molecule has 0 atom stereocenters. The highest BCUT2D eigenvalue weighted by Crippen LogP contribution is 2.22. The molecule has 0 unspecified atom stereocenters. The van der Waals surface area contributed by atoms with Crippen molar-refractivity contribution >= 4 is 23.4 Å². The molecule has 9 nitrogen and oxygen atoms in total. The second-order valence-electron chi connectivity index (χ2n) is 8.33. The molecule has 0 radical (unpaired) electrons. The Morgan fingerprint density at radius 3 is 2.49 bits per heavy atom. The lowest BCUT2D eigenvalue weighted by Gasteiger charge is -2.35. The molecule has 0 spiro atoms. The van der Waals surface area contributed by atoms with Gasteiger partial charge >= 0.3 is 0 Å². The van der Waals surface area contributed by atoms with E-state index in [2.05, 4.69) is 20.3 Å². The van der Waals surface area contributed by atoms with Crippen molar-refractivity contribution in [3.8, 4) is 11.4 Å². The number of aryl methyl sites for hydroxylation is 1. The van der Waals surface area contributed by atoms with E-state index in [1.165, 1.54) is 0 Å². The van der Waals surface area contributed by atoms with Gasteiger partial charge in [-0.1, -0.05) is 6.07 Å². The normalized spacial score (nSPS) is 13.5. The van der Waals surface area contributed by atoms with Crippen LogP contribution >= 0.6 is 0 Å². The maximum Gasteiger partial charge on any atom is 0.254 e. The van der Waals surface area contributed by atoms with Gasteiger partial charge in [0, 0.05) is 61.6 Å². The highest BCUT2D eigenvalue weighted by atomic mass is 16.5. The topological polar surface area (TPSA) is 88.4 Å². The summed E-state index contributed by atoms with van der Waals surface area (Å²) in [6.45, 7) is 4.48. The highest BCUT2D eigenvalue weighted by Gasteiger charge is 2.24. The van der Waals surface area contributed by atoms with Gasteiger partial charge in [0.05, 0.1) is 12.8 Å². The SMILES string of the molecule is COc1ccc(Nc2cc(C)nc(N3CCN(C(=O)c4cccc(-n5cccn5)c4)CC3)n2)cc1. The number of amides is 1. The molecule has 2 aromatic carbocycles. The maximum absolute atomic E-state index is 13.1. The molecule has 1 fully saturated rings. The van der Waals surface area contributed by atoms with Gasteiger partial charge in [0.2, 0.25) is 5.95 Å². The number of hydrogen-bond donors (Lipinski definition) is 1. The number of hydrogen-bond acceptors (Lipinski definition) is 7. The van der Waals surface area contributed by atoms with Gasteiger partial charge in [-0.25, -0.2) is 9.67 Å². The molecule has 5 rings (SSSR count). The summed E-state index contributed by atoms with van der Waals surface area (Å²) in [6.07, 6.45) is 3.58. The van der Waals surface area contributed by atoms with Crippen LogP contribution in [0, 0.1) is 6.92 Å². The molecule has 1 N–H and O–H groups in total. The van der Waals surface area contributed by atoms with E-state index >= 15 is 0 Å². The molecule has 1 amide bonds. The van der Waals surface area contributed by atoms with E-state index in [0.717, 1.165) is 28.6 Å². The van der Waals surface area contributed by atoms with E-state index in [4.69, 9.17) is 9.72 Å². The fourth-order valence-electron chi connectivity index (χ4n) is 4.08. The zero-order chi connectivity index (χ0) is 24.2. The second kappa shape index (κ2) is 9.84. The molecule has 0 saturated carbocycles. The fourth-order valence-corrected chi connectivity index (χ4v) is 4.08. The van der Waals surface area contributed by atoms with Crippen molar-refractivity contribution in [1.29, 1.82) is 0 Å². The molecule has 0 aliphatic carbocycles. The minimum absolute atomic E-state index is 0.0191. The lowest BCUT2D eigenvalue weighted by atomic mass is 10.1. The van der Waals surface area contributed by atoms with Crippen LogP contribution in [-0.2, 0) is 0 Å². The van der Waals surface area contributed by atoms with Crippen LogP contribution < -0.4 is 15.0 Å². The van der Waals surface area contributed by atoms with Crippen LogP contribution in [0.1, 0.15) is 16.1 Å². The smallest absolute Gasteiger partial charge is 0.254 e. The summed E-state index contributed by atoms with van der Waals surface area (Å²) in [5, 5.41) is 7.59. The number of carbonyl (C=O) groups excluding carboxylic acids is 1. The second-order valence-corrected chi connectivity index (χ2v) is 8.33. The van der Waals surface area contributed by atoms with E-state index in [-0.39, 0.29) is 5.91 Å². The summed E-state index contributed by atoms with van der Waals surface area (Å²) in [6, 6.07) is 19.0. The van der Waals surface area contributed by atoms with E-state index in [9.17, 15) is 4.79 Å². The average molecular weight is 470 g/mol. The summed E-state index contributed by atoms with van der Waals surface area (Å²) < 4.78 is 6.97. The first-order chi connectivity index (χ1) is 17.1. The minimum atomic E-state index is 0.0191. The third kappa shape index (κ3) is 5.08. The number of rotatable bonds is 6. The van der Waals surface area contributed by atoms with Gasteiger partial charge in [-0.2, -0.15) is 10.1 Å². The van der Waals surface area contributed by atoms with Crippen LogP contribution in [0.5, 0.6) is 5.75 Å². The Bertz CT molecular complexity index is 1300.